The monoisotopic (exact) mass is 283 g/mol. The Kier molecular flexibility index (Phi) is 4.63. The highest BCUT2D eigenvalue weighted by Crippen LogP contribution is 2.43. The molecule has 0 aromatic carbocycles. The molecule has 1 fully saturated rings. The first-order chi connectivity index (χ1) is 9.10. The van der Waals surface area contributed by atoms with Crippen molar-refractivity contribution in [2.75, 3.05) is 18.5 Å². The molecule has 0 unspecified atom stereocenters. The maximum Gasteiger partial charge on any atom is 0.137 e. The van der Waals surface area contributed by atoms with Gasteiger partial charge in [-0.05, 0) is 31.6 Å². The van der Waals surface area contributed by atoms with E-state index in [-0.39, 0.29) is 12.0 Å². The third kappa shape index (κ3) is 3.18. The summed E-state index contributed by atoms with van der Waals surface area (Å²) in [6.45, 7) is 5.06. The zero-order valence-electron chi connectivity index (χ0n) is 11.7. The molecular weight excluding hydrogens is 262 g/mol. The van der Waals surface area contributed by atoms with Gasteiger partial charge in [0.15, 0.2) is 0 Å². The molecule has 0 bridgehead atoms. The van der Waals surface area contributed by atoms with Crippen molar-refractivity contribution < 1.29 is 5.11 Å². The molecule has 0 radical (unpaired) electrons. The fraction of sp³-hybridized carbons (Fsp3) is 0.714. The third-order valence-electron chi connectivity index (χ3n) is 4.14. The number of aliphatic hydroxyl groups is 1. The number of aromatic nitrogens is 2. The van der Waals surface area contributed by atoms with Crippen LogP contribution in [0, 0.1) is 12.3 Å². The standard InChI is InChI=1S/C14H22ClN3O/c1-3-11-17-12(15)10(2)13(18-11)16-9-14(7-8-19)5-4-6-14/h19H,3-9H2,1-2H3,(H,16,17,18). The molecule has 4 nitrogen and oxygen atoms in total. The van der Waals surface area contributed by atoms with Gasteiger partial charge < -0.3 is 10.4 Å². The van der Waals surface area contributed by atoms with Gasteiger partial charge in [0.05, 0.1) is 0 Å². The van der Waals surface area contributed by atoms with Crippen LogP contribution in [0.15, 0.2) is 0 Å². The van der Waals surface area contributed by atoms with Crippen LogP contribution in [0.3, 0.4) is 0 Å². The Morgan fingerprint density at radius 1 is 1.37 bits per heavy atom. The average molecular weight is 284 g/mol. The second-order valence-corrected chi connectivity index (χ2v) is 5.80. The number of hydrogen-bond acceptors (Lipinski definition) is 4. The number of nitrogens with zero attached hydrogens (tertiary/aromatic N) is 2. The van der Waals surface area contributed by atoms with Gasteiger partial charge in [0.2, 0.25) is 0 Å². The molecule has 0 amide bonds. The van der Waals surface area contributed by atoms with E-state index >= 15 is 0 Å². The number of rotatable bonds is 6. The van der Waals surface area contributed by atoms with Crippen LogP contribution in [0.5, 0.6) is 0 Å². The first-order valence-corrected chi connectivity index (χ1v) is 7.36. The van der Waals surface area contributed by atoms with Crippen LogP contribution < -0.4 is 5.32 Å². The van der Waals surface area contributed by atoms with Crippen molar-refractivity contribution >= 4 is 17.4 Å². The summed E-state index contributed by atoms with van der Waals surface area (Å²) < 4.78 is 0. The molecule has 1 aromatic heterocycles. The van der Waals surface area contributed by atoms with Crippen LogP contribution in [0.25, 0.3) is 0 Å². The fourth-order valence-electron chi connectivity index (χ4n) is 2.56. The fourth-order valence-corrected chi connectivity index (χ4v) is 2.75. The normalized spacial score (nSPS) is 17.1. The molecule has 0 saturated heterocycles. The van der Waals surface area contributed by atoms with E-state index in [1.807, 2.05) is 13.8 Å². The van der Waals surface area contributed by atoms with Crippen LogP contribution >= 0.6 is 11.6 Å². The average Bonchev–Trinajstić information content (AvgIpc) is 2.36. The van der Waals surface area contributed by atoms with Gasteiger partial charge in [0, 0.05) is 25.1 Å². The Labute approximate surface area is 119 Å². The van der Waals surface area contributed by atoms with Crippen molar-refractivity contribution in [3.05, 3.63) is 16.5 Å². The summed E-state index contributed by atoms with van der Waals surface area (Å²) >= 11 is 6.13. The van der Waals surface area contributed by atoms with Crippen molar-refractivity contribution in [3.8, 4) is 0 Å². The van der Waals surface area contributed by atoms with E-state index in [0.717, 1.165) is 36.6 Å². The van der Waals surface area contributed by atoms with Gasteiger partial charge in [-0.3, -0.25) is 0 Å². The number of aliphatic hydroxyl groups excluding tert-OH is 1. The largest absolute Gasteiger partial charge is 0.396 e. The van der Waals surface area contributed by atoms with Crippen LogP contribution in [-0.4, -0.2) is 28.2 Å². The molecule has 2 rings (SSSR count). The lowest BCUT2D eigenvalue weighted by Gasteiger charge is -2.42. The zero-order valence-corrected chi connectivity index (χ0v) is 12.4. The summed E-state index contributed by atoms with van der Waals surface area (Å²) in [6.07, 6.45) is 5.25. The molecule has 1 heterocycles. The van der Waals surface area contributed by atoms with Crippen LogP contribution in [0.2, 0.25) is 5.15 Å². The van der Waals surface area contributed by atoms with E-state index in [4.69, 9.17) is 11.6 Å². The van der Waals surface area contributed by atoms with E-state index in [0.29, 0.717) is 5.15 Å². The number of aryl methyl sites for hydroxylation is 1. The third-order valence-corrected chi connectivity index (χ3v) is 4.50. The van der Waals surface area contributed by atoms with Gasteiger partial charge in [-0.1, -0.05) is 24.9 Å². The molecule has 2 N–H and O–H groups in total. The Bertz CT molecular complexity index is 447. The van der Waals surface area contributed by atoms with E-state index in [1.54, 1.807) is 0 Å². The SMILES string of the molecule is CCc1nc(Cl)c(C)c(NCC2(CCO)CCC2)n1. The molecule has 0 atom stereocenters. The highest BCUT2D eigenvalue weighted by molar-refractivity contribution is 6.30. The van der Waals surface area contributed by atoms with Crippen molar-refractivity contribution in [2.45, 2.75) is 46.0 Å². The first kappa shape index (κ1) is 14.5. The van der Waals surface area contributed by atoms with Crippen LogP contribution in [-0.2, 0) is 6.42 Å². The Balaban J connectivity index is 2.08. The second kappa shape index (κ2) is 6.06. The molecule has 19 heavy (non-hydrogen) atoms. The maximum absolute atomic E-state index is 9.17. The Morgan fingerprint density at radius 3 is 2.63 bits per heavy atom. The Hall–Kier alpha value is -0.870. The quantitative estimate of drug-likeness (QED) is 0.788. The predicted molar refractivity (Wildman–Crippen MR) is 77.6 cm³/mol. The summed E-state index contributed by atoms with van der Waals surface area (Å²) in [5.74, 6) is 1.60. The van der Waals surface area contributed by atoms with Gasteiger partial charge in [-0.15, -0.1) is 0 Å². The smallest absolute Gasteiger partial charge is 0.137 e. The molecule has 5 heteroatoms. The first-order valence-electron chi connectivity index (χ1n) is 6.98. The molecule has 106 valence electrons. The predicted octanol–water partition coefficient (Wildman–Crippen LogP) is 2.97. The van der Waals surface area contributed by atoms with E-state index in [1.165, 1.54) is 19.3 Å². The van der Waals surface area contributed by atoms with Gasteiger partial charge >= 0.3 is 0 Å². The lowest BCUT2D eigenvalue weighted by atomic mass is 9.67. The minimum Gasteiger partial charge on any atom is -0.396 e. The summed E-state index contributed by atoms with van der Waals surface area (Å²) in [5, 5.41) is 13.1. The van der Waals surface area contributed by atoms with Gasteiger partial charge in [-0.25, -0.2) is 9.97 Å². The molecule has 0 spiro atoms. The highest BCUT2D eigenvalue weighted by atomic mass is 35.5. The molecule has 1 aliphatic carbocycles. The van der Waals surface area contributed by atoms with Gasteiger partial charge in [0.25, 0.3) is 0 Å². The van der Waals surface area contributed by atoms with E-state index in [9.17, 15) is 5.11 Å². The van der Waals surface area contributed by atoms with Gasteiger partial charge in [0.1, 0.15) is 16.8 Å². The summed E-state index contributed by atoms with van der Waals surface area (Å²) in [7, 11) is 0. The van der Waals surface area contributed by atoms with Crippen LogP contribution in [0.1, 0.15) is 44.0 Å². The maximum atomic E-state index is 9.17. The summed E-state index contributed by atoms with van der Waals surface area (Å²) in [5.41, 5.74) is 1.14. The minimum absolute atomic E-state index is 0.241. The van der Waals surface area contributed by atoms with E-state index < -0.39 is 0 Å². The minimum atomic E-state index is 0.241. The lowest BCUT2D eigenvalue weighted by Crippen LogP contribution is -2.37. The van der Waals surface area contributed by atoms with Crippen molar-refractivity contribution in [3.63, 3.8) is 0 Å². The molecule has 0 aliphatic heterocycles. The molecule has 1 aromatic rings. The Morgan fingerprint density at radius 2 is 2.11 bits per heavy atom. The summed E-state index contributed by atoms with van der Waals surface area (Å²) in [4.78, 5) is 8.75. The van der Waals surface area contributed by atoms with Gasteiger partial charge in [-0.2, -0.15) is 0 Å². The topological polar surface area (TPSA) is 58.0 Å². The number of halogens is 1. The number of nitrogens with one attached hydrogen (secondary N) is 1. The zero-order chi connectivity index (χ0) is 13.9. The van der Waals surface area contributed by atoms with E-state index in [2.05, 4.69) is 15.3 Å². The van der Waals surface area contributed by atoms with Crippen molar-refractivity contribution in [1.82, 2.24) is 9.97 Å². The van der Waals surface area contributed by atoms with Crippen molar-refractivity contribution in [1.29, 1.82) is 0 Å². The van der Waals surface area contributed by atoms with Crippen molar-refractivity contribution in [2.24, 2.45) is 5.41 Å². The molecule has 1 aliphatic rings. The summed E-state index contributed by atoms with van der Waals surface area (Å²) in [6, 6.07) is 0. The molecular formula is C14H22ClN3O. The molecule has 1 saturated carbocycles. The van der Waals surface area contributed by atoms with Crippen LogP contribution in [0.4, 0.5) is 5.82 Å². The number of anilines is 1. The highest BCUT2D eigenvalue weighted by Gasteiger charge is 2.36. The number of hydrogen-bond donors (Lipinski definition) is 2. The second-order valence-electron chi connectivity index (χ2n) is 5.44. The lowest BCUT2D eigenvalue weighted by molar-refractivity contribution is 0.101.